The Balaban J connectivity index is 1.63. The highest BCUT2D eigenvalue weighted by molar-refractivity contribution is 6.20. The predicted molar refractivity (Wildman–Crippen MR) is 118 cm³/mol. The van der Waals surface area contributed by atoms with E-state index in [2.05, 4.69) is 21.2 Å². The highest BCUT2D eigenvalue weighted by Crippen LogP contribution is 2.48. The lowest BCUT2D eigenvalue weighted by atomic mass is 9.66. The smallest absolute Gasteiger partial charge is 0.328 e. The molecule has 12 heteroatoms. The summed E-state index contributed by atoms with van der Waals surface area (Å²) in [6, 6.07) is -0.581. The van der Waals surface area contributed by atoms with Gasteiger partial charge in [-0.05, 0) is 45.2 Å². The first-order valence-corrected chi connectivity index (χ1v) is 11.5. The zero-order valence-electron chi connectivity index (χ0n) is 19.4. The number of anilines is 1. The van der Waals surface area contributed by atoms with Crippen molar-refractivity contribution in [1.29, 1.82) is 0 Å². The third-order valence-electron chi connectivity index (χ3n) is 7.14. The molecule has 186 valence electrons. The zero-order valence-corrected chi connectivity index (χ0v) is 19.4. The number of barbiturate groups is 1. The van der Waals surface area contributed by atoms with Crippen LogP contribution in [0.3, 0.4) is 0 Å². The van der Waals surface area contributed by atoms with Gasteiger partial charge in [-0.15, -0.1) is 0 Å². The van der Waals surface area contributed by atoms with E-state index in [1.54, 1.807) is 13.8 Å². The van der Waals surface area contributed by atoms with Crippen LogP contribution in [0.2, 0.25) is 0 Å². The Kier molecular flexibility index (Phi) is 5.38. The van der Waals surface area contributed by atoms with Gasteiger partial charge in [0, 0.05) is 24.4 Å². The molecule has 3 aliphatic heterocycles. The second kappa shape index (κ2) is 8.08. The van der Waals surface area contributed by atoms with Gasteiger partial charge in [0.25, 0.3) is 0 Å². The standard InChI is InChI=1S/C23H25F2N5O5/c1-9-8-30-17-13(6-14(15(24)16(17)25)10(2)28-29-19(31)12-4-5-12)7-23(18(30)11(3)35-9)20(32)26-22(34)27-21(23)33/h6,9,11-12,18H,4-5,7-8H2,1-3H3,(H,29,31)(H2,26,27,32,33,34)/t9-,11+,18-/m1/s1. The van der Waals surface area contributed by atoms with Crippen molar-refractivity contribution in [2.24, 2.45) is 16.4 Å². The lowest BCUT2D eigenvalue weighted by Crippen LogP contribution is -2.75. The second-order valence-corrected chi connectivity index (χ2v) is 9.64. The molecule has 35 heavy (non-hydrogen) atoms. The molecule has 0 radical (unpaired) electrons. The molecule has 1 aromatic carbocycles. The van der Waals surface area contributed by atoms with E-state index in [0.29, 0.717) is 0 Å². The molecule has 1 spiro atoms. The van der Waals surface area contributed by atoms with E-state index in [4.69, 9.17) is 4.74 Å². The molecule has 3 heterocycles. The first-order valence-electron chi connectivity index (χ1n) is 11.5. The number of amides is 5. The van der Waals surface area contributed by atoms with Crippen LogP contribution in [0.4, 0.5) is 19.3 Å². The summed E-state index contributed by atoms with van der Waals surface area (Å²) in [7, 11) is 0. The van der Waals surface area contributed by atoms with Crippen LogP contribution >= 0.6 is 0 Å². The average molecular weight is 489 g/mol. The number of carbonyl (C=O) groups excluding carboxylic acids is 4. The van der Waals surface area contributed by atoms with E-state index in [1.165, 1.54) is 17.9 Å². The van der Waals surface area contributed by atoms with E-state index in [0.717, 1.165) is 12.8 Å². The fraction of sp³-hybridized carbons (Fsp3) is 0.522. The summed E-state index contributed by atoms with van der Waals surface area (Å²) in [4.78, 5) is 51.6. The molecule has 0 bridgehead atoms. The van der Waals surface area contributed by atoms with Gasteiger partial charge >= 0.3 is 6.03 Å². The number of rotatable bonds is 3. The highest BCUT2D eigenvalue weighted by atomic mass is 19.2. The van der Waals surface area contributed by atoms with E-state index in [1.807, 2.05) is 0 Å². The third kappa shape index (κ3) is 3.58. The van der Waals surface area contributed by atoms with Crippen molar-refractivity contribution in [3.8, 4) is 0 Å². The number of imide groups is 2. The first-order chi connectivity index (χ1) is 16.5. The van der Waals surface area contributed by atoms with Gasteiger partial charge in [0.15, 0.2) is 17.0 Å². The van der Waals surface area contributed by atoms with Crippen molar-refractivity contribution in [3.05, 3.63) is 28.8 Å². The Hall–Kier alpha value is -3.41. The molecule has 1 aliphatic carbocycles. The number of halogens is 2. The van der Waals surface area contributed by atoms with Crippen molar-refractivity contribution in [3.63, 3.8) is 0 Å². The van der Waals surface area contributed by atoms with Crippen LogP contribution in [0.15, 0.2) is 11.2 Å². The number of nitrogens with zero attached hydrogens (tertiary/aromatic N) is 2. The Morgan fingerprint density at radius 1 is 1.17 bits per heavy atom. The summed E-state index contributed by atoms with van der Waals surface area (Å²) in [5.41, 5.74) is 0.538. The highest BCUT2D eigenvalue weighted by Gasteiger charge is 2.63. The molecule has 2 saturated heterocycles. The summed E-state index contributed by atoms with van der Waals surface area (Å²) in [5, 5.41) is 8.22. The summed E-state index contributed by atoms with van der Waals surface area (Å²) < 4.78 is 36.8. The summed E-state index contributed by atoms with van der Waals surface area (Å²) in [6.07, 6.45) is 0.120. The topological polar surface area (TPSA) is 129 Å². The van der Waals surface area contributed by atoms with Crippen molar-refractivity contribution in [2.45, 2.75) is 58.3 Å². The van der Waals surface area contributed by atoms with Gasteiger partial charge in [0.2, 0.25) is 17.7 Å². The Morgan fingerprint density at radius 2 is 1.83 bits per heavy atom. The second-order valence-electron chi connectivity index (χ2n) is 9.64. The molecule has 1 saturated carbocycles. The number of benzene rings is 1. The molecule has 5 amide bonds. The Bertz CT molecular complexity index is 1180. The van der Waals surface area contributed by atoms with Crippen molar-refractivity contribution >= 4 is 35.2 Å². The minimum absolute atomic E-state index is 0.0332. The quantitative estimate of drug-likeness (QED) is 0.331. The number of nitrogens with one attached hydrogen (secondary N) is 3. The molecule has 4 aliphatic rings. The Morgan fingerprint density at radius 3 is 2.46 bits per heavy atom. The molecule has 3 N–H and O–H groups in total. The number of ether oxygens (including phenoxy) is 1. The van der Waals surface area contributed by atoms with Crippen molar-refractivity contribution < 1.29 is 32.7 Å². The fourth-order valence-electron chi connectivity index (χ4n) is 5.44. The van der Waals surface area contributed by atoms with Gasteiger partial charge in [0.05, 0.1) is 29.6 Å². The van der Waals surface area contributed by atoms with Gasteiger partial charge in [-0.2, -0.15) is 5.10 Å². The predicted octanol–water partition coefficient (Wildman–Crippen LogP) is 1.11. The molecule has 3 atom stereocenters. The van der Waals surface area contributed by atoms with Crippen LogP contribution < -0.4 is 21.0 Å². The maximum Gasteiger partial charge on any atom is 0.328 e. The third-order valence-corrected chi connectivity index (χ3v) is 7.14. The van der Waals surface area contributed by atoms with Gasteiger partial charge < -0.3 is 9.64 Å². The first kappa shape index (κ1) is 23.3. The fourth-order valence-corrected chi connectivity index (χ4v) is 5.44. The van der Waals surface area contributed by atoms with E-state index in [9.17, 15) is 19.2 Å². The maximum absolute atomic E-state index is 15.6. The van der Waals surface area contributed by atoms with Crippen LogP contribution in [-0.2, 0) is 25.5 Å². The number of hydrazone groups is 1. The molecule has 3 fully saturated rings. The van der Waals surface area contributed by atoms with Gasteiger partial charge in [-0.1, -0.05) is 0 Å². The van der Waals surface area contributed by atoms with Crippen LogP contribution in [-0.4, -0.2) is 54.3 Å². The minimum atomic E-state index is -1.81. The van der Waals surface area contributed by atoms with Crippen LogP contribution in [0.1, 0.15) is 44.7 Å². The number of hydrogen-bond acceptors (Lipinski definition) is 7. The van der Waals surface area contributed by atoms with E-state index in [-0.39, 0.29) is 47.3 Å². The SMILES string of the molecule is CC(=NNC(=O)C1CC1)c1cc2c(c(F)c1F)N1C[C@@H](C)O[C@@H](C)[C@@H]1C1(C2)C(=O)NC(=O)NC1=O. The average Bonchev–Trinajstić information content (AvgIpc) is 3.62. The summed E-state index contributed by atoms with van der Waals surface area (Å²) >= 11 is 0. The molecule has 0 aromatic heterocycles. The number of hydrogen-bond donors (Lipinski definition) is 3. The van der Waals surface area contributed by atoms with Gasteiger partial charge in [-0.25, -0.2) is 19.0 Å². The number of fused-ring (bicyclic) bond motifs is 4. The van der Waals surface area contributed by atoms with Crippen molar-refractivity contribution in [2.75, 3.05) is 11.4 Å². The molecule has 10 nitrogen and oxygen atoms in total. The normalized spacial score (nSPS) is 27.7. The summed E-state index contributed by atoms with van der Waals surface area (Å²) in [5.74, 6) is -4.36. The van der Waals surface area contributed by atoms with Crippen LogP contribution in [0.5, 0.6) is 0 Å². The molecule has 1 aromatic rings. The summed E-state index contributed by atoms with van der Waals surface area (Å²) in [6.45, 7) is 4.92. The number of urea groups is 1. The van der Waals surface area contributed by atoms with Crippen LogP contribution in [0.25, 0.3) is 0 Å². The minimum Gasteiger partial charge on any atom is -0.372 e. The molecular weight excluding hydrogens is 464 g/mol. The monoisotopic (exact) mass is 489 g/mol. The van der Waals surface area contributed by atoms with Gasteiger partial charge in [0.1, 0.15) is 0 Å². The van der Waals surface area contributed by atoms with E-state index >= 15 is 8.78 Å². The number of carbonyl (C=O) groups is 4. The molecule has 5 rings (SSSR count). The van der Waals surface area contributed by atoms with E-state index < -0.39 is 53.1 Å². The Labute approximate surface area is 199 Å². The van der Waals surface area contributed by atoms with Gasteiger partial charge in [-0.3, -0.25) is 25.0 Å². The molecular formula is C23H25F2N5O5. The lowest BCUT2D eigenvalue weighted by molar-refractivity contribution is -0.153. The number of morpholine rings is 1. The zero-order chi connectivity index (χ0) is 25.2. The van der Waals surface area contributed by atoms with Crippen LogP contribution in [0, 0.1) is 23.0 Å². The lowest BCUT2D eigenvalue weighted by Gasteiger charge is -2.55. The largest absolute Gasteiger partial charge is 0.372 e. The maximum atomic E-state index is 15.6. The van der Waals surface area contributed by atoms with Crippen molar-refractivity contribution in [1.82, 2.24) is 16.1 Å². The molecule has 0 unspecified atom stereocenters.